The Balaban J connectivity index is 1.58. The number of thiophene rings is 1. The fourth-order valence-corrected chi connectivity index (χ4v) is 5.49. The average Bonchev–Trinajstić information content (AvgIpc) is 3.21. The van der Waals surface area contributed by atoms with E-state index in [-0.39, 0.29) is 16.7 Å². The van der Waals surface area contributed by atoms with Gasteiger partial charge in [0.05, 0.1) is 19.8 Å². The molecular weight excluding hydrogens is 400 g/mol. The molecule has 1 aromatic carbocycles. The van der Waals surface area contributed by atoms with E-state index in [1.807, 2.05) is 0 Å². The van der Waals surface area contributed by atoms with E-state index in [0.717, 1.165) is 4.88 Å². The summed E-state index contributed by atoms with van der Waals surface area (Å²) in [5.41, 5.74) is 0.503. The first-order chi connectivity index (χ1) is 13.5. The number of ether oxygens (including phenoxy) is 2. The van der Waals surface area contributed by atoms with Crippen molar-refractivity contribution in [3.63, 3.8) is 0 Å². The number of carbonyl (C=O) groups is 1. The van der Waals surface area contributed by atoms with Gasteiger partial charge in [0.25, 0.3) is 15.9 Å². The third-order valence-electron chi connectivity index (χ3n) is 4.11. The van der Waals surface area contributed by atoms with Crippen molar-refractivity contribution in [3.05, 3.63) is 59.5 Å². The molecule has 28 heavy (non-hydrogen) atoms. The Bertz CT molecular complexity index is 916. The second-order valence-corrected chi connectivity index (χ2v) is 9.38. The van der Waals surface area contributed by atoms with Crippen LogP contribution in [0.15, 0.2) is 53.3 Å². The predicted octanol–water partition coefficient (Wildman–Crippen LogP) is 2.26. The molecule has 0 radical (unpaired) electrons. The van der Waals surface area contributed by atoms with Crippen molar-refractivity contribution in [1.82, 2.24) is 9.62 Å². The molecular formula is C19H22N2O5S2. The van der Waals surface area contributed by atoms with E-state index in [0.29, 0.717) is 44.2 Å². The van der Waals surface area contributed by atoms with Crippen LogP contribution in [0.4, 0.5) is 0 Å². The summed E-state index contributed by atoms with van der Waals surface area (Å²) in [5.74, 6) is 0.425. The van der Waals surface area contributed by atoms with Crippen LogP contribution in [0.5, 0.6) is 5.75 Å². The molecule has 1 aliphatic heterocycles. The summed E-state index contributed by atoms with van der Waals surface area (Å²) in [5, 5.41) is 2.81. The lowest BCUT2D eigenvalue weighted by Crippen LogP contribution is -2.40. The summed E-state index contributed by atoms with van der Waals surface area (Å²) >= 11 is 1.17. The molecule has 2 aromatic rings. The van der Waals surface area contributed by atoms with Gasteiger partial charge in [0, 0.05) is 23.5 Å². The molecule has 0 aliphatic carbocycles. The molecule has 0 saturated carbocycles. The zero-order valence-electron chi connectivity index (χ0n) is 15.3. The van der Waals surface area contributed by atoms with Gasteiger partial charge < -0.3 is 14.8 Å². The van der Waals surface area contributed by atoms with Crippen LogP contribution in [-0.2, 0) is 21.3 Å². The van der Waals surface area contributed by atoms with Gasteiger partial charge in [-0.05, 0) is 36.4 Å². The number of benzene rings is 1. The van der Waals surface area contributed by atoms with Crippen LogP contribution in [0.3, 0.4) is 0 Å². The normalized spacial score (nSPS) is 15.1. The van der Waals surface area contributed by atoms with Crippen molar-refractivity contribution in [2.75, 3.05) is 32.9 Å². The predicted molar refractivity (Wildman–Crippen MR) is 107 cm³/mol. The lowest BCUT2D eigenvalue weighted by molar-refractivity contribution is 0.0731. The minimum Gasteiger partial charge on any atom is -0.490 e. The van der Waals surface area contributed by atoms with E-state index in [1.165, 1.54) is 15.6 Å². The maximum atomic E-state index is 12.6. The number of amides is 1. The number of hydrogen-bond donors (Lipinski definition) is 1. The topological polar surface area (TPSA) is 84.9 Å². The van der Waals surface area contributed by atoms with E-state index in [2.05, 4.69) is 11.9 Å². The standard InChI is InChI=1S/C19H22N2O5S2/c1-2-11-26-16-5-3-15(4-6-16)19(22)20-14-17-7-8-18(27-17)28(23,24)21-9-12-25-13-10-21/h2-8H,1,9-14H2,(H,20,22). The summed E-state index contributed by atoms with van der Waals surface area (Å²) in [4.78, 5) is 13.1. The Morgan fingerprint density at radius 1 is 1.21 bits per heavy atom. The number of nitrogens with zero attached hydrogens (tertiary/aromatic N) is 1. The van der Waals surface area contributed by atoms with Gasteiger partial charge in [-0.15, -0.1) is 11.3 Å². The van der Waals surface area contributed by atoms with Gasteiger partial charge in [-0.25, -0.2) is 8.42 Å². The molecule has 1 fully saturated rings. The van der Waals surface area contributed by atoms with Crippen LogP contribution in [0.2, 0.25) is 0 Å². The van der Waals surface area contributed by atoms with Crippen LogP contribution in [-0.4, -0.2) is 51.5 Å². The monoisotopic (exact) mass is 422 g/mol. The lowest BCUT2D eigenvalue weighted by Gasteiger charge is -2.25. The molecule has 1 aliphatic rings. The molecule has 2 heterocycles. The third kappa shape index (κ3) is 4.99. The van der Waals surface area contributed by atoms with Gasteiger partial charge in [0.1, 0.15) is 16.6 Å². The highest BCUT2D eigenvalue weighted by Crippen LogP contribution is 2.25. The molecule has 1 saturated heterocycles. The molecule has 3 rings (SSSR count). The number of carbonyl (C=O) groups excluding carboxylic acids is 1. The smallest absolute Gasteiger partial charge is 0.252 e. The van der Waals surface area contributed by atoms with Crippen LogP contribution < -0.4 is 10.1 Å². The van der Waals surface area contributed by atoms with Gasteiger partial charge in [0.2, 0.25) is 0 Å². The SMILES string of the molecule is C=CCOc1ccc(C(=O)NCc2ccc(S(=O)(=O)N3CCOCC3)s2)cc1. The number of hydrogen-bond acceptors (Lipinski definition) is 6. The summed E-state index contributed by atoms with van der Waals surface area (Å²) in [6.45, 7) is 5.78. The number of rotatable bonds is 8. The minimum atomic E-state index is -3.51. The van der Waals surface area contributed by atoms with Crippen molar-refractivity contribution in [2.45, 2.75) is 10.8 Å². The molecule has 9 heteroatoms. The van der Waals surface area contributed by atoms with Crippen molar-refractivity contribution in [3.8, 4) is 5.75 Å². The molecule has 7 nitrogen and oxygen atoms in total. The first-order valence-corrected chi connectivity index (χ1v) is 11.0. The van der Waals surface area contributed by atoms with Crippen LogP contribution in [0.1, 0.15) is 15.2 Å². The summed E-state index contributed by atoms with van der Waals surface area (Å²) in [6, 6.07) is 10.1. The molecule has 0 spiro atoms. The second kappa shape index (κ2) is 9.33. The van der Waals surface area contributed by atoms with E-state index in [9.17, 15) is 13.2 Å². The minimum absolute atomic E-state index is 0.235. The van der Waals surface area contributed by atoms with Crippen molar-refractivity contribution < 1.29 is 22.7 Å². The van der Waals surface area contributed by atoms with Gasteiger partial charge in [-0.1, -0.05) is 12.7 Å². The van der Waals surface area contributed by atoms with Crippen LogP contribution in [0, 0.1) is 0 Å². The highest BCUT2D eigenvalue weighted by atomic mass is 32.2. The number of morpholine rings is 1. The second-order valence-electron chi connectivity index (χ2n) is 6.04. The van der Waals surface area contributed by atoms with Crippen LogP contribution in [0.25, 0.3) is 0 Å². The van der Waals surface area contributed by atoms with Gasteiger partial charge in [-0.2, -0.15) is 4.31 Å². The zero-order chi connectivity index (χ0) is 20.0. The third-order valence-corrected chi connectivity index (χ3v) is 7.56. The summed E-state index contributed by atoms with van der Waals surface area (Å²) in [7, 11) is -3.51. The Labute approximate surface area is 168 Å². The van der Waals surface area contributed by atoms with Crippen molar-refractivity contribution in [1.29, 1.82) is 0 Å². The number of sulfonamides is 1. The molecule has 1 amide bonds. The quantitative estimate of drug-likeness (QED) is 0.660. The fourth-order valence-electron chi connectivity index (χ4n) is 2.63. The highest BCUT2D eigenvalue weighted by molar-refractivity contribution is 7.91. The fraction of sp³-hybridized carbons (Fsp3) is 0.316. The molecule has 0 unspecified atom stereocenters. The largest absolute Gasteiger partial charge is 0.490 e. The maximum Gasteiger partial charge on any atom is 0.252 e. The van der Waals surface area contributed by atoms with Crippen molar-refractivity contribution in [2.24, 2.45) is 0 Å². The zero-order valence-corrected chi connectivity index (χ0v) is 16.9. The van der Waals surface area contributed by atoms with E-state index in [4.69, 9.17) is 9.47 Å². The lowest BCUT2D eigenvalue weighted by atomic mass is 10.2. The molecule has 0 atom stereocenters. The summed E-state index contributed by atoms with van der Waals surface area (Å²) < 4.78 is 37.6. The first-order valence-electron chi connectivity index (χ1n) is 8.79. The Hall–Kier alpha value is -2.20. The molecule has 0 bridgehead atoms. The van der Waals surface area contributed by atoms with E-state index >= 15 is 0 Å². The van der Waals surface area contributed by atoms with E-state index < -0.39 is 10.0 Å². The first kappa shape index (κ1) is 20.5. The Morgan fingerprint density at radius 3 is 2.61 bits per heavy atom. The van der Waals surface area contributed by atoms with Gasteiger partial charge in [0.15, 0.2) is 0 Å². The average molecular weight is 423 g/mol. The summed E-state index contributed by atoms with van der Waals surface area (Å²) in [6.07, 6.45) is 1.65. The molecule has 150 valence electrons. The van der Waals surface area contributed by atoms with Crippen molar-refractivity contribution >= 4 is 27.3 Å². The molecule has 1 aromatic heterocycles. The van der Waals surface area contributed by atoms with Gasteiger partial charge in [-0.3, -0.25) is 4.79 Å². The maximum absolute atomic E-state index is 12.6. The Kier molecular flexibility index (Phi) is 6.84. The van der Waals surface area contributed by atoms with Crippen LogP contribution >= 0.6 is 11.3 Å². The van der Waals surface area contributed by atoms with E-state index in [1.54, 1.807) is 42.5 Å². The van der Waals surface area contributed by atoms with Gasteiger partial charge >= 0.3 is 0 Å². The molecule has 1 N–H and O–H groups in total. The Morgan fingerprint density at radius 2 is 1.93 bits per heavy atom. The highest BCUT2D eigenvalue weighted by Gasteiger charge is 2.27. The number of nitrogens with one attached hydrogen (secondary N) is 1.